The minimum Gasteiger partial charge on any atom is -0.376 e. The summed E-state index contributed by atoms with van der Waals surface area (Å²) in [5, 5.41) is 7.55. The first-order chi connectivity index (χ1) is 9.85. The van der Waals surface area contributed by atoms with Crippen molar-refractivity contribution in [2.45, 2.75) is 40.3 Å². The van der Waals surface area contributed by atoms with Gasteiger partial charge in [0, 0.05) is 23.9 Å². The summed E-state index contributed by atoms with van der Waals surface area (Å²) in [6, 6.07) is 2.15. The summed E-state index contributed by atoms with van der Waals surface area (Å²) in [6.45, 7) is 8.68. The van der Waals surface area contributed by atoms with E-state index in [2.05, 4.69) is 26.3 Å². The van der Waals surface area contributed by atoms with Crippen LogP contribution in [0, 0.1) is 25.5 Å². The van der Waals surface area contributed by atoms with E-state index < -0.39 is 11.6 Å². The Morgan fingerprint density at radius 2 is 1.95 bits per heavy atom. The van der Waals surface area contributed by atoms with Crippen LogP contribution < -0.4 is 5.32 Å². The number of rotatable bonds is 4. The van der Waals surface area contributed by atoms with Crippen LogP contribution in [0.25, 0.3) is 0 Å². The molecule has 0 spiro atoms. The number of halogens is 3. The summed E-state index contributed by atoms with van der Waals surface area (Å²) >= 11 is 3.07. The molecule has 21 heavy (non-hydrogen) atoms. The van der Waals surface area contributed by atoms with E-state index >= 15 is 0 Å². The quantitative estimate of drug-likeness (QED) is 0.801. The second kappa shape index (κ2) is 6.13. The molecule has 3 nitrogen and oxygen atoms in total. The number of anilines is 1. The molecule has 1 heterocycles. The highest BCUT2D eigenvalue weighted by atomic mass is 79.9. The monoisotopic (exact) mass is 357 g/mol. The lowest BCUT2D eigenvalue weighted by molar-refractivity contribution is 0.579. The molecule has 0 amide bonds. The number of hydrogen-bond acceptors (Lipinski definition) is 2. The molecule has 0 bridgehead atoms. The number of aryl methyl sites for hydroxylation is 2. The van der Waals surface area contributed by atoms with E-state index in [4.69, 9.17) is 0 Å². The number of hydrogen-bond donors (Lipinski definition) is 1. The lowest BCUT2D eigenvalue weighted by Gasteiger charge is -2.17. The molecule has 1 aromatic heterocycles. The summed E-state index contributed by atoms with van der Waals surface area (Å²) in [7, 11) is 0. The second-order valence-corrected chi connectivity index (χ2v) is 5.87. The first kappa shape index (κ1) is 15.9. The van der Waals surface area contributed by atoms with E-state index in [-0.39, 0.29) is 16.2 Å². The van der Waals surface area contributed by atoms with Crippen molar-refractivity contribution >= 4 is 21.6 Å². The molecule has 114 valence electrons. The van der Waals surface area contributed by atoms with Gasteiger partial charge in [0.2, 0.25) is 0 Å². The zero-order valence-electron chi connectivity index (χ0n) is 12.5. The molecule has 6 heteroatoms. The molecule has 1 unspecified atom stereocenters. The van der Waals surface area contributed by atoms with Crippen molar-refractivity contribution in [2.75, 3.05) is 5.32 Å². The maximum atomic E-state index is 13.8. The van der Waals surface area contributed by atoms with E-state index in [0.29, 0.717) is 0 Å². The Morgan fingerprint density at radius 1 is 1.29 bits per heavy atom. The Kier molecular flexibility index (Phi) is 4.66. The minimum atomic E-state index is -0.614. The molecular weight excluding hydrogens is 340 g/mol. The third kappa shape index (κ3) is 3.10. The molecule has 0 saturated carbocycles. The van der Waals surface area contributed by atoms with Crippen molar-refractivity contribution in [3.63, 3.8) is 0 Å². The second-order valence-electron chi connectivity index (χ2n) is 5.01. The molecule has 2 aromatic rings. The fourth-order valence-corrected chi connectivity index (χ4v) is 2.93. The largest absolute Gasteiger partial charge is 0.376 e. The van der Waals surface area contributed by atoms with Crippen molar-refractivity contribution in [1.29, 1.82) is 0 Å². The zero-order chi connectivity index (χ0) is 15.7. The highest BCUT2D eigenvalue weighted by molar-refractivity contribution is 9.10. The zero-order valence-corrected chi connectivity index (χ0v) is 14.1. The highest BCUT2D eigenvalue weighted by Gasteiger charge is 2.18. The predicted octanol–water partition coefficient (Wildman–Crippen LogP) is 4.73. The Hall–Kier alpha value is -1.43. The molecular formula is C15H18BrF2N3. The molecule has 0 radical (unpaired) electrons. The normalized spacial score (nSPS) is 12.5. The third-order valence-electron chi connectivity index (χ3n) is 3.55. The summed E-state index contributed by atoms with van der Waals surface area (Å²) < 4.78 is 29.3. The lowest BCUT2D eigenvalue weighted by Crippen LogP contribution is -2.10. The molecule has 1 N–H and O–H groups in total. The van der Waals surface area contributed by atoms with Gasteiger partial charge >= 0.3 is 0 Å². The van der Waals surface area contributed by atoms with Gasteiger partial charge in [-0.1, -0.05) is 0 Å². The average Bonchev–Trinajstić information content (AvgIpc) is 2.70. The predicted molar refractivity (Wildman–Crippen MR) is 83.5 cm³/mol. The SMILES string of the molecule is CCn1nc(C)c(C(C)Nc2cc(Br)c(F)cc2F)c1C. The van der Waals surface area contributed by atoms with Gasteiger partial charge in [-0.2, -0.15) is 5.10 Å². The summed E-state index contributed by atoms with van der Waals surface area (Å²) in [5.74, 6) is -1.22. The average molecular weight is 358 g/mol. The summed E-state index contributed by atoms with van der Waals surface area (Å²) in [4.78, 5) is 0. The van der Waals surface area contributed by atoms with Crippen LogP contribution in [0.15, 0.2) is 16.6 Å². The Bertz CT molecular complexity index is 667. The van der Waals surface area contributed by atoms with Gasteiger partial charge in [0.15, 0.2) is 0 Å². The van der Waals surface area contributed by atoms with Gasteiger partial charge in [-0.3, -0.25) is 4.68 Å². The van der Waals surface area contributed by atoms with Crippen molar-refractivity contribution in [3.8, 4) is 0 Å². The third-order valence-corrected chi connectivity index (χ3v) is 4.16. The van der Waals surface area contributed by atoms with Crippen LogP contribution in [0.5, 0.6) is 0 Å². The molecule has 1 atom stereocenters. The Labute approximate surface area is 131 Å². The van der Waals surface area contributed by atoms with Crippen LogP contribution in [0.4, 0.5) is 14.5 Å². The van der Waals surface area contributed by atoms with Crippen LogP contribution >= 0.6 is 15.9 Å². The van der Waals surface area contributed by atoms with Crippen molar-refractivity contribution in [3.05, 3.63) is 45.2 Å². The molecule has 0 saturated heterocycles. The number of nitrogens with one attached hydrogen (secondary N) is 1. The van der Waals surface area contributed by atoms with E-state index in [0.717, 1.165) is 29.6 Å². The van der Waals surface area contributed by atoms with E-state index in [9.17, 15) is 8.78 Å². The van der Waals surface area contributed by atoms with Gasteiger partial charge in [0.25, 0.3) is 0 Å². The molecule has 2 rings (SSSR count). The van der Waals surface area contributed by atoms with E-state index in [1.165, 1.54) is 6.07 Å². The van der Waals surface area contributed by atoms with Crippen LogP contribution in [0.3, 0.4) is 0 Å². The molecule has 0 aliphatic carbocycles. The lowest BCUT2D eigenvalue weighted by atomic mass is 10.1. The van der Waals surface area contributed by atoms with Crippen LogP contribution in [0.1, 0.15) is 36.8 Å². The molecule has 0 fully saturated rings. The number of benzene rings is 1. The van der Waals surface area contributed by atoms with Gasteiger partial charge in [0.05, 0.1) is 21.9 Å². The first-order valence-corrected chi connectivity index (χ1v) is 7.59. The van der Waals surface area contributed by atoms with Crippen molar-refractivity contribution in [1.82, 2.24) is 9.78 Å². The fourth-order valence-electron chi connectivity index (χ4n) is 2.58. The number of aromatic nitrogens is 2. The van der Waals surface area contributed by atoms with Gasteiger partial charge in [0.1, 0.15) is 11.6 Å². The van der Waals surface area contributed by atoms with Gasteiger partial charge in [-0.25, -0.2) is 8.78 Å². The van der Waals surface area contributed by atoms with Gasteiger partial charge in [-0.05, 0) is 49.7 Å². The topological polar surface area (TPSA) is 29.9 Å². The maximum absolute atomic E-state index is 13.8. The molecule has 0 aliphatic heterocycles. The minimum absolute atomic E-state index is 0.128. The summed E-state index contributed by atoms with van der Waals surface area (Å²) in [5.41, 5.74) is 3.27. The van der Waals surface area contributed by atoms with Crippen LogP contribution in [-0.4, -0.2) is 9.78 Å². The summed E-state index contributed by atoms with van der Waals surface area (Å²) in [6.07, 6.45) is 0. The van der Waals surface area contributed by atoms with Gasteiger partial charge in [-0.15, -0.1) is 0 Å². The first-order valence-electron chi connectivity index (χ1n) is 6.80. The Morgan fingerprint density at radius 3 is 2.52 bits per heavy atom. The van der Waals surface area contributed by atoms with Crippen LogP contribution in [0.2, 0.25) is 0 Å². The molecule has 0 aliphatic rings. The fraction of sp³-hybridized carbons (Fsp3) is 0.400. The maximum Gasteiger partial charge on any atom is 0.149 e. The number of nitrogens with zero attached hydrogens (tertiary/aromatic N) is 2. The van der Waals surface area contributed by atoms with Crippen molar-refractivity contribution < 1.29 is 8.78 Å². The molecule has 1 aromatic carbocycles. The Balaban J connectivity index is 2.32. The van der Waals surface area contributed by atoms with E-state index in [1.807, 2.05) is 32.4 Å². The standard InChI is InChI=1S/C15H18BrF2N3/c1-5-21-10(4)15(9(3)20-21)8(2)19-14-6-11(16)12(17)7-13(14)18/h6-8,19H,5H2,1-4H3. The van der Waals surface area contributed by atoms with E-state index in [1.54, 1.807) is 0 Å². The smallest absolute Gasteiger partial charge is 0.149 e. The van der Waals surface area contributed by atoms with Crippen molar-refractivity contribution in [2.24, 2.45) is 0 Å². The van der Waals surface area contributed by atoms with Gasteiger partial charge < -0.3 is 5.32 Å². The van der Waals surface area contributed by atoms with Crippen LogP contribution in [-0.2, 0) is 6.54 Å². The highest BCUT2D eigenvalue weighted by Crippen LogP contribution is 2.29.